The largest absolute Gasteiger partial charge is 0.481 e. The van der Waals surface area contributed by atoms with Crippen LogP contribution < -0.4 is 5.32 Å². The molecule has 0 aromatic heterocycles. The lowest BCUT2D eigenvalue weighted by atomic mass is 9.93. The fourth-order valence-electron chi connectivity index (χ4n) is 4.36. The molecule has 1 saturated carbocycles. The summed E-state index contributed by atoms with van der Waals surface area (Å²) in [5.74, 6) is -1.36. The van der Waals surface area contributed by atoms with Gasteiger partial charge in [0.1, 0.15) is 6.10 Å². The zero-order chi connectivity index (χ0) is 26.2. The highest BCUT2D eigenvalue weighted by atomic mass is 35.5. The Morgan fingerprint density at radius 3 is 2.14 bits per heavy atom. The van der Waals surface area contributed by atoms with Gasteiger partial charge in [-0.1, -0.05) is 78.3 Å². The first-order valence-corrected chi connectivity index (χ1v) is 12.0. The van der Waals surface area contributed by atoms with Gasteiger partial charge in [-0.2, -0.15) is 0 Å². The maximum Gasteiger partial charge on any atom is 0.413 e. The summed E-state index contributed by atoms with van der Waals surface area (Å²) in [7, 11) is 0. The van der Waals surface area contributed by atoms with E-state index in [2.05, 4.69) is 15.5 Å². The molecule has 1 aliphatic carbocycles. The molecule has 8 nitrogen and oxygen atoms in total. The van der Waals surface area contributed by atoms with E-state index in [0.29, 0.717) is 29.0 Å². The molecule has 2 N–H and O–H groups in total. The lowest BCUT2D eigenvalue weighted by Gasteiger charge is -2.15. The third-order valence-corrected chi connectivity index (χ3v) is 6.99. The molecule has 1 fully saturated rings. The fraction of sp³-hybridized carbons (Fsp3) is 0.179. The minimum atomic E-state index is -0.792. The second kappa shape index (κ2) is 9.63. The number of carbonyl (C=O) groups excluding carboxylic acids is 2. The first-order chi connectivity index (χ1) is 17.8. The van der Waals surface area contributed by atoms with E-state index in [9.17, 15) is 19.5 Å². The van der Waals surface area contributed by atoms with Crippen molar-refractivity contribution in [3.05, 3.63) is 100 Å². The molecule has 9 heteroatoms. The molecule has 2 amide bonds. The number of benzene rings is 3. The zero-order valence-electron chi connectivity index (χ0n) is 19.8. The molecule has 5 rings (SSSR count). The molecule has 0 spiro atoms. The molecule has 1 aliphatic heterocycles. The summed E-state index contributed by atoms with van der Waals surface area (Å²) < 4.78 is 5.41. The van der Waals surface area contributed by atoms with Crippen molar-refractivity contribution in [1.82, 2.24) is 5.32 Å². The molecule has 0 bridgehead atoms. The number of ether oxygens (including phenoxy) is 1. The Balaban J connectivity index is 1.31. The summed E-state index contributed by atoms with van der Waals surface area (Å²) in [5.41, 5.74) is 3.19. The van der Waals surface area contributed by atoms with Gasteiger partial charge in [0.25, 0.3) is 5.91 Å². The number of hydrogen-bond acceptors (Lipinski definition) is 5. The monoisotopic (exact) mass is 515 g/mol. The van der Waals surface area contributed by atoms with Gasteiger partial charge >= 0.3 is 12.1 Å². The van der Waals surface area contributed by atoms with E-state index in [1.165, 1.54) is 0 Å². The summed E-state index contributed by atoms with van der Waals surface area (Å²) in [5, 5.41) is 19.9. The molecule has 3 aromatic rings. The van der Waals surface area contributed by atoms with Crippen molar-refractivity contribution >= 4 is 35.1 Å². The second-order valence-electron chi connectivity index (χ2n) is 8.96. The maximum atomic E-state index is 12.5. The first kappa shape index (κ1) is 24.4. The number of hydrogen-bond donors (Lipinski definition) is 2. The Kier molecular flexibility index (Phi) is 6.35. The van der Waals surface area contributed by atoms with Crippen molar-refractivity contribution < 1.29 is 24.2 Å². The van der Waals surface area contributed by atoms with Gasteiger partial charge in [0, 0.05) is 10.6 Å². The molecule has 0 saturated heterocycles. The first-order valence-electron chi connectivity index (χ1n) is 11.7. The van der Waals surface area contributed by atoms with E-state index < -0.39 is 29.5 Å². The third kappa shape index (κ3) is 4.75. The highest BCUT2D eigenvalue weighted by Gasteiger charge is 2.51. The van der Waals surface area contributed by atoms with Gasteiger partial charge in [0.05, 0.1) is 11.0 Å². The predicted octanol–water partition coefficient (Wildman–Crippen LogP) is 6.27. The highest BCUT2D eigenvalue weighted by molar-refractivity contribution is 6.31. The molecular weight excluding hydrogens is 494 g/mol. The topological polar surface area (TPSA) is 117 Å². The molecule has 1 unspecified atom stereocenters. The number of halogens is 1. The molecular formula is C28H22ClN3O5. The lowest BCUT2D eigenvalue weighted by Crippen LogP contribution is -2.24. The smallest absolute Gasteiger partial charge is 0.413 e. The number of alkyl carbamates (subject to hydrolysis) is 1. The Labute approximate surface area is 217 Å². The van der Waals surface area contributed by atoms with Crippen molar-refractivity contribution in [3.8, 4) is 11.1 Å². The van der Waals surface area contributed by atoms with Gasteiger partial charge in [0.15, 0.2) is 5.82 Å². The van der Waals surface area contributed by atoms with Crippen LogP contribution >= 0.6 is 11.6 Å². The Morgan fingerprint density at radius 1 is 0.946 bits per heavy atom. The van der Waals surface area contributed by atoms with Gasteiger partial charge < -0.3 is 9.84 Å². The number of azo groups is 1. The Hall–Kier alpha value is -4.30. The van der Waals surface area contributed by atoms with Crippen LogP contribution in [0.5, 0.6) is 0 Å². The van der Waals surface area contributed by atoms with E-state index in [-0.39, 0.29) is 11.4 Å². The van der Waals surface area contributed by atoms with Crippen LogP contribution in [0.25, 0.3) is 16.7 Å². The van der Waals surface area contributed by atoms with E-state index in [0.717, 1.165) is 16.7 Å². The molecule has 1 heterocycles. The number of nitrogens with zero attached hydrogens (tertiary/aromatic N) is 2. The van der Waals surface area contributed by atoms with Crippen molar-refractivity contribution in [2.24, 2.45) is 10.2 Å². The van der Waals surface area contributed by atoms with E-state index in [4.69, 9.17) is 16.3 Å². The average molecular weight is 516 g/mol. The highest BCUT2D eigenvalue weighted by Crippen LogP contribution is 2.48. The Morgan fingerprint density at radius 2 is 1.54 bits per heavy atom. The van der Waals surface area contributed by atoms with Crippen LogP contribution in [-0.4, -0.2) is 23.1 Å². The zero-order valence-corrected chi connectivity index (χ0v) is 20.5. The van der Waals surface area contributed by atoms with Crippen LogP contribution in [0.1, 0.15) is 42.6 Å². The molecule has 3 aromatic carbocycles. The molecule has 1 atom stereocenters. The minimum absolute atomic E-state index is 0.00173. The predicted molar refractivity (Wildman–Crippen MR) is 137 cm³/mol. The molecule has 186 valence electrons. The fourth-order valence-corrected chi connectivity index (χ4v) is 4.65. The lowest BCUT2D eigenvalue weighted by molar-refractivity contribution is -0.140. The third-order valence-electron chi connectivity index (χ3n) is 6.64. The van der Waals surface area contributed by atoms with Gasteiger partial charge in [-0.3, -0.25) is 14.9 Å². The van der Waals surface area contributed by atoms with Crippen molar-refractivity contribution in [2.45, 2.75) is 31.3 Å². The number of carbonyl (C=O) groups is 3. The summed E-state index contributed by atoms with van der Waals surface area (Å²) in [6.07, 6.45) is -0.112. The summed E-state index contributed by atoms with van der Waals surface area (Å²) in [4.78, 5) is 36.5. The number of rotatable bonds is 7. The second-order valence-corrected chi connectivity index (χ2v) is 9.37. The maximum absolute atomic E-state index is 12.5. The Bertz CT molecular complexity index is 1460. The quantitative estimate of drug-likeness (QED) is 0.384. The van der Waals surface area contributed by atoms with E-state index >= 15 is 0 Å². The number of nitrogens with one attached hydrogen (secondary N) is 1. The number of carboxylic acid groups (broad SMARTS) is 1. The summed E-state index contributed by atoms with van der Waals surface area (Å²) in [6, 6.07) is 21.7. The number of aliphatic carboxylic acids is 1. The SMILES string of the molecule is CC(OC(=O)NC1=C(c2ccc(-c3ccc(C4(C(=O)O)CC4)cc3)cc2)C(=O)N=N1)c1ccccc1Cl. The number of carboxylic acids is 1. The van der Waals surface area contributed by atoms with Crippen LogP contribution in [0, 0.1) is 0 Å². The van der Waals surface area contributed by atoms with Crippen LogP contribution in [0.3, 0.4) is 0 Å². The summed E-state index contributed by atoms with van der Waals surface area (Å²) >= 11 is 6.17. The van der Waals surface area contributed by atoms with Gasteiger partial charge in [-0.25, -0.2) is 4.79 Å². The minimum Gasteiger partial charge on any atom is -0.481 e. The van der Waals surface area contributed by atoms with Crippen molar-refractivity contribution in [3.63, 3.8) is 0 Å². The standard InChI is InChI=1S/C28H22ClN3O5/c1-16(21-4-2-3-5-22(21)29)37-27(36)30-24-23(25(33)32-31-24)19-8-6-17(7-9-19)18-10-12-20(13-11-18)28(14-15-28)26(34)35/h2-13,16H,14-15H2,1H3,(H,30,36)(H,34,35). The van der Waals surface area contributed by atoms with E-state index in [1.807, 2.05) is 36.4 Å². The normalized spacial score (nSPS) is 16.4. The van der Waals surface area contributed by atoms with Crippen LogP contribution in [0.15, 0.2) is 88.8 Å². The van der Waals surface area contributed by atoms with Gasteiger partial charge in [-0.15, -0.1) is 10.2 Å². The van der Waals surface area contributed by atoms with Gasteiger partial charge in [0.2, 0.25) is 0 Å². The number of amides is 2. The van der Waals surface area contributed by atoms with Crippen LogP contribution in [-0.2, 0) is 19.7 Å². The molecule has 0 radical (unpaired) electrons. The molecule has 37 heavy (non-hydrogen) atoms. The van der Waals surface area contributed by atoms with E-state index in [1.54, 1.807) is 43.3 Å². The van der Waals surface area contributed by atoms with Crippen LogP contribution in [0.4, 0.5) is 4.79 Å². The van der Waals surface area contributed by atoms with Crippen molar-refractivity contribution in [2.75, 3.05) is 0 Å². The van der Waals surface area contributed by atoms with Crippen LogP contribution in [0.2, 0.25) is 5.02 Å². The average Bonchev–Trinajstić information content (AvgIpc) is 3.63. The molecule has 2 aliphatic rings. The van der Waals surface area contributed by atoms with Crippen molar-refractivity contribution in [1.29, 1.82) is 0 Å². The summed E-state index contributed by atoms with van der Waals surface area (Å²) in [6.45, 7) is 1.69. The van der Waals surface area contributed by atoms with Gasteiger partial charge in [-0.05, 0) is 48.1 Å².